The van der Waals surface area contributed by atoms with E-state index in [9.17, 15) is 22.8 Å². The van der Waals surface area contributed by atoms with E-state index in [0.717, 1.165) is 4.68 Å². The SMILES string of the molecule is CCc1cc(NC(=O)c2ncc(-c3cn(C)nc3C(F)(F)F)n2C)ccc1C(=O)NCCOCCN.Cl. The van der Waals surface area contributed by atoms with E-state index in [2.05, 4.69) is 20.7 Å². The summed E-state index contributed by atoms with van der Waals surface area (Å²) in [6, 6.07) is 4.84. The summed E-state index contributed by atoms with van der Waals surface area (Å²) >= 11 is 0. The molecule has 0 aliphatic heterocycles. The lowest BCUT2D eigenvalue weighted by Crippen LogP contribution is -2.28. The number of carbonyl (C=O) groups is 2. The minimum atomic E-state index is -4.66. The van der Waals surface area contributed by atoms with E-state index < -0.39 is 17.8 Å². The number of amides is 2. The first-order valence-corrected chi connectivity index (χ1v) is 11.2. The quantitative estimate of drug-likeness (QED) is 0.337. The second kappa shape index (κ2) is 12.7. The number of nitrogens with one attached hydrogen (secondary N) is 2. The van der Waals surface area contributed by atoms with Crippen LogP contribution in [0, 0.1) is 0 Å². The van der Waals surface area contributed by atoms with Crippen LogP contribution in [-0.2, 0) is 31.4 Å². The van der Waals surface area contributed by atoms with E-state index in [1.165, 1.54) is 31.1 Å². The lowest BCUT2D eigenvalue weighted by atomic mass is 10.0. The van der Waals surface area contributed by atoms with Crippen LogP contribution in [0.25, 0.3) is 11.3 Å². The van der Waals surface area contributed by atoms with Crippen LogP contribution in [0.4, 0.5) is 18.9 Å². The van der Waals surface area contributed by atoms with Crippen molar-refractivity contribution in [1.82, 2.24) is 24.6 Å². The summed E-state index contributed by atoms with van der Waals surface area (Å²) in [4.78, 5) is 29.4. The molecule has 202 valence electrons. The van der Waals surface area contributed by atoms with E-state index >= 15 is 0 Å². The zero-order valence-electron chi connectivity index (χ0n) is 20.6. The highest BCUT2D eigenvalue weighted by molar-refractivity contribution is 6.03. The summed E-state index contributed by atoms with van der Waals surface area (Å²) in [5.41, 5.74) is 5.79. The van der Waals surface area contributed by atoms with Crippen molar-refractivity contribution in [2.75, 3.05) is 31.6 Å². The lowest BCUT2D eigenvalue weighted by molar-refractivity contribution is -0.141. The number of nitrogens with two attached hydrogens (primary N) is 1. The molecule has 0 saturated heterocycles. The molecular weight excluding hydrogens is 515 g/mol. The molecule has 1 aromatic carbocycles. The Hall–Kier alpha value is -3.42. The molecule has 3 rings (SSSR count). The van der Waals surface area contributed by atoms with Gasteiger partial charge in [-0.1, -0.05) is 6.92 Å². The standard InChI is InChI=1S/C23H28F3N7O3.ClH/c1-4-14-11-15(5-6-16(14)21(34)28-8-10-36-9-7-27)30-22(35)20-29-12-18(33(20)3)17-13-32(2)31-19(17)23(24,25)26;/h5-6,11-13H,4,7-10,27H2,1-3H3,(H,28,34)(H,30,35);1H. The van der Waals surface area contributed by atoms with Gasteiger partial charge in [0, 0.05) is 44.6 Å². The van der Waals surface area contributed by atoms with Gasteiger partial charge in [0.15, 0.2) is 11.5 Å². The molecule has 0 radical (unpaired) electrons. The fourth-order valence-electron chi connectivity index (χ4n) is 3.65. The van der Waals surface area contributed by atoms with E-state index in [1.54, 1.807) is 18.2 Å². The molecule has 3 aromatic rings. The molecule has 14 heteroatoms. The molecule has 0 fully saturated rings. The number of benzene rings is 1. The smallest absolute Gasteiger partial charge is 0.378 e. The molecule has 2 heterocycles. The predicted octanol–water partition coefficient (Wildman–Crippen LogP) is 2.78. The normalized spacial score (nSPS) is 11.2. The fraction of sp³-hybridized carbons (Fsp3) is 0.391. The van der Waals surface area contributed by atoms with Gasteiger partial charge in [-0.25, -0.2) is 4.98 Å². The van der Waals surface area contributed by atoms with E-state index in [0.29, 0.717) is 49.5 Å². The van der Waals surface area contributed by atoms with Gasteiger partial charge in [-0.15, -0.1) is 12.4 Å². The molecule has 0 aliphatic carbocycles. The molecule has 2 aromatic heterocycles. The van der Waals surface area contributed by atoms with Gasteiger partial charge < -0.3 is 25.7 Å². The van der Waals surface area contributed by atoms with Crippen molar-refractivity contribution < 1.29 is 27.5 Å². The second-order valence-electron chi connectivity index (χ2n) is 7.93. The summed E-state index contributed by atoms with van der Waals surface area (Å²) in [6.45, 7) is 3.36. The van der Waals surface area contributed by atoms with Crippen molar-refractivity contribution >= 4 is 29.9 Å². The highest BCUT2D eigenvalue weighted by atomic mass is 35.5. The van der Waals surface area contributed by atoms with Crippen molar-refractivity contribution in [1.29, 1.82) is 0 Å². The van der Waals surface area contributed by atoms with Crippen LogP contribution >= 0.6 is 12.4 Å². The second-order valence-corrected chi connectivity index (χ2v) is 7.93. The number of carbonyl (C=O) groups excluding carboxylic acids is 2. The molecule has 0 spiro atoms. The van der Waals surface area contributed by atoms with Crippen LogP contribution in [-0.4, -0.2) is 57.4 Å². The Balaban J connectivity index is 0.00000481. The van der Waals surface area contributed by atoms with Crippen LogP contribution in [0.3, 0.4) is 0 Å². The molecule has 2 amide bonds. The maximum atomic E-state index is 13.4. The Bertz CT molecular complexity index is 1240. The van der Waals surface area contributed by atoms with Gasteiger partial charge in [0.1, 0.15) is 0 Å². The summed E-state index contributed by atoms with van der Waals surface area (Å²) in [7, 11) is 2.83. The summed E-state index contributed by atoms with van der Waals surface area (Å²) in [5, 5.41) is 8.96. The third-order valence-corrected chi connectivity index (χ3v) is 5.35. The molecule has 0 atom stereocenters. The van der Waals surface area contributed by atoms with Gasteiger partial charge in [-0.3, -0.25) is 14.3 Å². The lowest BCUT2D eigenvalue weighted by Gasteiger charge is -2.12. The zero-order chi connectivity index (χ0) is 26.5. The Morgan fingerprint density at radius 2 is 1.89 bits per heavy atom. The number of imidazole rings is 1. The largest absolute Gasteiger partial charge is 0.435 e. The van der Waals surface area contributed by atoms with Crippen LogP contribution in [0.15, 0.2) is 30.6 Å². The van der Waals surface area contributed by atoms with Gasteiger partial charge in [0.05, 0.1) is 30.7 Å². The Morgan fingerprint density at radius 3 is 2.54 bits per heavy atom. The molecule has 0 unspecified atom stereocenters. The van der Waals surface area contributed by atoms with E-state index in [-0.39, 0.29) is 35.4 Å². The third kappa shape index (κ3) is 7.08. The van der Waals surface area contributed by atoms with Gasteiger partial charge in [0.25, 0.3) is 11.8 Å². The van der Waals surface area contributed by atoms with E-state index in [4.69, 9.17) is 10.5 Å². The van der Waals surface area contributed by atoms with Crippen LogP contribution < -0.4 is 16.4 Å². The zero-order valence-corrected chi connectivity index (χ0v) is 21.4. The van der Waals surface area contributed by atoms with Crippen molar-refractivity contribution in [3.8, 4) is 11.3 Å². The van der Waals surface area contributed by atoms with Gasteiger partial charge in [-0.05, 0) is 30.2 Å². The Labute approximate surface area is 217 Å². The maximum absolute atomic E-state index is 13.4. The van der Waals surface area contributed by atoms with E-state index in [1.807, 2.05) is 6.92 Å². The van der Waals surface area contributed by atoms with Crippen LogP contribution in [0.1, 0.15) is 39.2 Å². The molecule has 10 nitrogen and oxygen atoms in total. The summed E-state index contributed by atoms with van der Waals surface area (Å²) < 4.78 is 47.7. The first-order valence-electron chi connectivity index (χ1n) is 11.2. The Morgan fingerprint density at radius 1 is 1.16 bits per heavy atom. The van der Waals surface area contributed by atoms with Crippen molar-refractivity contribution in [3.63, 3.8) is 0 Å². The first-order chi connectivity index (χ1) is 17.1. The van der Waals surface area contributed by atoms with Crippen molar-refractivity contribution in [2.45, 2.75) is 19.5 Å². The van der Waals surface area contributed by atoms with Crippen molar-refractivity contribution in [2.24, 2.45) is 19.8 Å². The fourth-order valence-corrected chi connectivity index (χ4v) is 3.65. The highest BCUT2D eigenvalue weighted by Crippen LogP contribution is 2.36. The van der Waals surface area contributed by atoms with Crippen LogP contribution in [0.5, 0.6) is 0 Å². The van der Waals surface area contributed by atoms with Gasteiger partial charge in [0.2, 0.25) is 0 Å². The van der Waals surface area contributed by atoms with Crippen LogP contribution in [0.2, 0.25) is 0 Å². The number of halogens is 4. The molecule has 0 aliphatic rings. The number of aromatic nitrogens is 4. The Kier molecular flexibility index (Phi) is 10.2. The molecule has 4 N–H and O–H groups in total. The van der Waals surface area contributed by atoms with Gasteiger partial charge >= 0.3 is 6.18 Å². The molecule has 0 bridgehead atoms. The van der Waals surface area contributed by atoms with Gasteiger partial charge in [-0.2, -0.15) is 18.3 Å². The first kappa shape index (κ1) is 29.8. The number of rotatable bonds is 10. The molecule has 37 heavy (non-hydrogen) atoms. The monoisotopic (exact) mass is 543 g/mol. The maximum Gasteiger partial charge on any atom is 0.435 e. The predicted molar refractivity (Wildman–Crippen MR) is 134 cm³/mol. The molecular formula is C23H29ClF3N7O3. The number of hydrogen-bond acceptors (Lipinski definition) is 6. The third-order valence-electron chi connectivity index (χ3n) is 5.35. The number of nitrogens with zero attached hydrogens (tertiary/aromatic N) is 4. The highest BCUT2D eigenvalue weighted by Gasteiger charge is 2.38. The minimum absolute atomic E-state index is 0. The summed E-state index contributed by atoms with van der Waals surface area (Å²) in [6.07, 6.45) is -1.71. The minimum Gasteiger partial charge on any atom is -0.378 e. The number of ether oxygens (including phenoxy) is 1. The average molecular weight is 544 g/mol. The average Bonchev–Trinajstić information content (AvgIpc) is 3.40. The molecule has 0 saturated carbocycles. The van der Waals surface area contributed by atoms with Crippen molar-refractivity contribution in [3.05, 3.63) is 53.2 Å². The number of aryl methyl sites for hydroxylation is 2. The topological polar surface area (TPSA) is 129 Å². The number of anilines is 1. The number of alkyl halides is 3. The number of hydrogen-bond donors (Lipinski definition) is 3. The summed E-state index contributed by atoms with van der Waals surface area (Å²) in [5.74, 6) is -0.969.